The third kappa shape index (κ3) is 3.68. The van der Waals surface area contributed by atoms with Gasteiger partial charge in [-0.25, -0.2) is 0 Å². The second kappa shape index (κ2) is 5.64. The molecule has 1 N–H and O–H groups in total. The van der Waals surface area contributed by atoms with Crippen molar-refractivity contribution in [2.24, 2.45) is 11.8 Å². The van der Waals surface area contributed by atoms with Gasteiger partial charge >= 0.3 is 0 Å². The molecule has 1 saturated carbocycles. The van der Waals surface area contributed by atoms with Crippen LogP contribution in [0.1, 0.15) is 52.9 Å². The fourth-order valence-corrected chi connectivity index (χ4v) is 2.48. The van der Waals surface area contributed by atoms with Crippen molar-refractivity contribution in [3.63, 3.8) is 0 Å². The van der Waals surface area contributed by atoms with E-state index < -0.39 is 0 Å². The van der Waals surface area contributed by atoms with Crippen molar-refractivity contribution in [3.05, 3.63) is 0 Å². The average Bonchev–Trinajstić information content (AvgIpc) is 2.30. The number of hydrogen-bond donors (Lipinski definition) is 1. The summed E-state index contributed by atoms with van der Waals surface area (Å²) in [7, 11) is 0. The van der Waals surface area contributed by atoms with Crippen LogP contribution in [0.25, 0.3) is 0 Å². The van der Waals surface area contributed by atoms with Crippen molar-refractivity contribution in [3.8, 4) is 0 Å². The summed E-state index contributed by atoms with van der Waals surface area (Å²) in [5.74, 6) is 1.84. The Balaban J connectivity index is 2.39. The summed E-state index contributed by atoms with van der Waals surface area (Å²) in [6, 6.07) is 0.805. The predicted octanol–water partition coefficient (Wildman–Crippen LogP) is 3.20. The minimum absolute atomic E-state index is 0.805. The maximum Gasteiger partial charge on any atom is 0.00696 e. The van der Waals surface area contributed by atoms with Gasteiger partial charge in [-0.3, -0.25) is 0 Å². The third-order valence-corrected chi connectivity index (χ3v) is 3.40. The van der Waals surface area contributed by atoms with Crippen LogP contribution in [0.2, 0.25) is 0 Å². The van der Waals surface area contributed by atoms with Gasteiger partial charge in [0, 0.05) is 6.04 Å². The maximum absolute atomic E-state index is 3.61. The highest BCUT2D eigenvalue weighted by Gasteiger charge is 2.21. The molecule has 0 saturated heterocycles. The molecule has 0 spiro atoms. The highest BCUT2D eigenvalue weighted by atomic mass is 14.9. The fraction of sp³-hybridized carbons (Fsp3) is 1.00. The lowest BCUT2D eigenvalue weighted by Gasteiger charge is -2.23. The Hall–Kier alpha value is -0.0400. The molecule has 1 aliphatic carbocycles. The van der Waals surface area contributed by atoms with Crippen LogP contribution in [0.5, 0.6) is 0 Å². The summed E-state index contributed by atoms with van der Waals surface area (Å²) >= 11 is 0. The number of hydrogen-bond acceptors (Lipinski definition) is 1. The van der Waals surface area contributed by atoms with Crippen LogP contribution < -0.4 is 5.32 Å². The molecule has 1 aliphatic rings. The predicted molar refractivity (Wildman–Crippen MR) is 58.9 cm³/mol. The lowest BCUT2D eigenvalue weighted by Crippen LogP contribution is -2.30. The Labute approximate surface area is 83.3 Å². The average molecular weight is 183 g/mol. The molecular weight excluding hydrogens is 158 g/mol. The Bertz CT molecular complexity index is 131. The van der Waals surface area contributed by atoms with Gasteiger partial charge in [0.2, 0.25) is 0 Å². The van der Waals surface area contributed by atoms with E-state index >= 15 is 0 Å². The molecule has 2 unspecified atom stereocenters. The van der Waals surface area contributed by atoms with E-state index in [2.05, 4.69) is 26.1 Å². The highest BCUT2D eigenvalue weighted by Crippen LogP contribution is 2.28. The SMILES string of the molecule is CCNC1CCCCC(C(C)C)C1. The lowest BCUT2D eigenvalue weighted by atomic mass is 9.87. The van der Waals surface area contributed by atoms with E-state index in [0.29, 0.717) is 0 Å². The molecule has 1 nitrogen and oxygen atoms in total. The van der Waals surface area contributed by atoms with E-state index in [4.69, 9.17) is 0 Å². The molecule has 1 fully saturated rings. The van der Waals surface area contributed by atoms with E-state index in [1.165, 1.54) is 32.1 Å². The van der Waals surface area contributed by atoms with Gasteiger partial charge in [-0.05, 0) is 31.2 Å². The summed E-state index contributed by atoms with van der Waals surface area (Å²) in [4.78, 5) is 0. The molecule has 1 heteroatoms. The Kier molecular flexibility index (Phi) is 4.79. The van der Waals surface area contributed by atoms with E-state index in [9.17, 15) is 0 Å². The molecule has 0 aromatic carbocycles. The van der Waals surface area contributed by atoms with Gasteiger partial charge in [0.05, 0.1) is 0 Å². The second-order valence-electron chi connectivity index (χ2n) is 4.78. The van der Waals surface area contributed by atoms with Crippen LogP contribution in [0.4, 0.5) is 0 Å². The first-order chi connectivity index (χ1) is 6.24. The van der Waals surface area contributed by atoms with Gasteiger partial charge in [-0.15, -0.1) is 0 Å². The summed E-state index contributed by atoms with van der Waals surface area (Å²) in [6.45, 7) is 8.10. The monoisotopic (exact) mass is 183 g/mol. The minimum Gasteiger partial charge on any atom is -0.314 e. The van der Waals surface area contributed by atoms with Gasteiger partial charge in [0.1, 0.15) is 0 Å². The molecule has 0 amide bonds. The quantitative estimate of drug-likeness (QED) is 0.663. The normalized spacial score (nSPS) is 30.5. The Morgan fingerprint density at radius 1 is 1.23 bits per heavy atom. The summed E-state index contributed by atoms with van der Waals surface area (Å²) < 4.78 is 0. The van der Waals surface area contributed by atoms with E-state index in [0.717, 1.165) is 24.4 Å². The molecule has 0 aromatic rings. The van der Waals surface area contributed by atoms with Crippen molar-refractivity contribution in [2.45, 2.75) is 58.9 Å². The van der Waals surface area contributed by atoms with Crippen LogP contribution in [0.15, 0.2) is 0 Å². The molecule has 0 heterocycles. The smallest absolute Gasteiger partial charge is 0.00696 e. The molecule has 13 heavy (non-hydrogen) atoms. The van der Waals surface area contributed by atoms with Crippen LogP contribution in [-0.2, 0) is 0 Å². The first kappa shape index (κ1) is 11.0. The second-order valence-corrected chi connectivity index (χ2v) is 4.78. The molecule has 1 rings (SSSR count). The molecular formula is C12H25N. The third-order valence-electron chi connectivity index (χ3n) is 3.40. The zero-order valence-corrected chi connectivity index (χ0v) is 9.47. The molecule has 0 aromatic heterocycles. The van der Waals surface area contributed by atoms with Crippen molar-refractivity contribution in [1.82, 2.24) is 5.32 Å². The van der Waals surface area contributed by atoms with Gasteiger partial charge in [0.25, 0.3) is 0 Å². The van der Waals surface area contributed by atoms with E-state index in [1.807, 2.05) is 0 Å². The fourth-order valence-electron chi connectivity index (χ4n) is 2.48. The zero-order chi connectivity index (χ0) is 9.68. The largest absolute Gasteiger partial charge is 0.314 e. The van der Waals surface area contributed by atoms with Gasteiger partial charge < -0.3 is 5.32 Å². The summed E-state index contributed by atoms with van der Waals surface area (Å²) in [5.41, 5.74) is 0. The molecule has 0 bridgehead atoms. The molecule has 0 aliphatic heterocycles. The van der Waals surface area contributed by atoms with E-state index in [1.54, 1.807) is 0 Å². The lowest BCUT2D eigenvalue weighted by molar-refractivity contribution is 0.310. The maximum atomic E-state index is 3.61. The minimum atomic E-state index is 0.805. The topological polar surface area (TPSA) is 12.0 Å². The first-order valence-electron chi connectivity index (χ1n) is 5.97. The van der Waals surface area contributed by atoms with Crippen LogP contribution >= 0.6 is 0 Å². The standard InChI is InChI=1S/C12H25N/c1-4-13-12-8-6-5-7-11(9-12)10(2)3/h10-13H,4-9H2,1-3H3. The highest BCUT2D eigenvalue weighted by molar-refractivity contribution is 4.77. The van der Waals surface area contributed by atoms with Crippen LogP contribution in [0.3, 0.4) is 0 Å². The van der Waals surface area contributed by atoms with Crippen molar-refractivity contribution in [1.29, 1.82) is 0 Å². The van der Waals surface area contributed by atoms with Crippen molar-refractivity contribution >= 4 is 0 Å². The zero-order valence-electron chi connectivity index (χ0n) is 9.47. The van der Waals surface area contributed by atoms with E-state index in [-0.39, 0.29) is 0 Å². The Morgan fingerprint density at radius 2 is 1.92 bits per heavy atom. The Morgan fingerprint density at radius 3 is 2.54 bits per heavy atom. The van der Waals surface area contributed by atoms with Crippen LogP contribution in [0, 0.1) is 11.8 Å². The van der Waals surface area contributed by atoms with Gasteiger partial charge in [-0.2, -0.15) is 0 Å². The number of nitrogens with one attached hydrogen (secondary N) is 1. The van der Waals surface area contributed by atoms with Gasteiger partial charge in [0.15, 0.2) is 0 Å². The first-order valence-corrected chi connectivity index (χ1v) is 5.97. The van der Waals surface area contributed by atoms with Gasteiger partial charge in [-0.1, -0.05) is 40.0 Å². The molecule has 0 radical (unpaired) electrons. The summed E-state index contributed by atoms with van der Waals surface area (Å²) in [6.07, 6.45) is 7.15. The van der Waals surface area contributed by atoms with Crippen molar-refractivity contribution in [2.75, 3.05) is 6.54 Å². The molecule has 78 valence electrons. The van der Waals surface area contributed by atoms with Crippen LogP contribution in [-0.4, -0.2) is 12.6 Å². The van der Waals surface area contributed by atoms with Crippen molar-refractivity contribution < 1.29 is 0 Å². The number of rotatable bonds is 3. The molecule has 2 atom stereocenters. The summed E-state index contributed by atoms with van der Waals surface area (Å²) in [5, 5.41) is 3.61.